The number of ether oxygens (including phenoxy) is 2. The van der Waals surface area contributed by atoms with E-state index in [1.54, 1.807) is 18.1 Å². The van der Waals surface area contributed by atoms with Crippen molar-refractivity contribution in [3.8, 4) is 0 Å². The molecule has 140 valence electrons. The first-order chi connectivity index (χ1) is 13.2. The van der Waals surface area contributed by atoms with Gasteiger partial charge in [0.05, 0.1) is 13.2 Å². The third-order valence-electron chi connectivity index (χ3n) is 4.30. The zero-order chi connectivity index (χ0) is 18.6. The van der Waals surface area contributed by atoms with Gasteiger partial charge in [0, 0.05) is 25.1 Å². The molecule has 2 aromatic heterocycles. The zero-order valence-corrected chi connectivity index (χ0v) is 14.8. The Morgan fingerprint density at radius 2 is 2.30 bits per heavy atom. The predicted octanol–water partition coefficient (Wildman–Crippen LogP) is 2.58. The van der Waals surface area contributed by atoms with Crippen LogP contribution in [0.2, 0.25) is 0 Å². The van der Waals surface area contributed by atoms with Crippen LogP contribution in [0.4, 0.5) is 0 Å². The van der Waals surface area contributed by atoms with Gasteiger partial charge in [-0.3, -0.25) is 4.79 Å². The lowest BCUT2D eigenvalue weighted by Crippen LogP contribution is -2.43. The van der Waals surface area contributed by atoms with Crippen LogP contribution in [-0.4, -0.2) is 47.8 Å². The fourth-order valence-electron chi connectivity index (χ4n) is 3.00. The maximum absolute atomic E-state index is 12.7. The Balaban J connectivity index is 1.51. The molecule has 0 radical (unpaired) electrons. The number of para-hydroxylation sites is 1. The lowest BCUT2D eigenvalue weighted by atomic mass is 10.2. The van der Waals surface area contributed by atoms with E-state index in [9.17, 15) is 4.79 Å². The van der Waals surface area contributed by atoms with E-state index >= 15 is 0 Å². The fourth-order valence-corrected chi connectivity index (χ4v) is 3.00. The number of amides is 1. The van der Waals surface area contributed by atoms with Crippen molar-refractivity contribution in [1.82, 2.24) is 15.0 Å². The van der Waals surface area contributed by atoms with E-state index in [4.69, 9.17) is 18.4 Å². The highest BCUT2D eigenvalue weighted by Crippen LogP contribution is 2.24. The minimum Gasteiger partial charge on any atom is -0.457 e. The standard InChI is InChI=1S/C19H19N3O5/c1-24-12-17-20-19(21-27-17)15-11-25-9-8-22(15)18(23)7-6-14-10-13-4-2-3-5-16(13)26-14/h2-7,10,15H,8-9,11-12H2,1H3/b7-6+. The van der Waals surface area contributed by atoms with Crippen molar-refractivity contribution in [3.63, 3.8) is 0 Å². The van der Waals surface area contributed by atoms with Crippen LogP contribution in [-0.2, 0) is 20.9 Å². The topological polar surface area (TPSA) is 90.8 Å². The summed E-state index contributed by atoms with van der Waals surface area (Å²) in [5.74, 6) is 1.23. The number of hydrogen-bond donors (Lipinski definition) is 0. The Morgan fingerprint density at radius 3 is 3.15 bits per heavy atom. The van der Waals surface area contributed by atoms with Gasteiger partial charge in [0.25, 0.3) is 5.89 Å². The smallest absolute Gasteiger partial charge is 0.252 e. The maximum atomic E-state index is 12.7. The molecule has 1 saturated heterocycles. The average molecular weight is 369 g/mol. The number of benzene rings is 1. The molecule has 4 rings (SSSR count). The van der Waals surface area contributed by atoms with E-state index in [1.165, 1.54) is 6.08 Å². The van der Waals surface area contributed by atoms with Gasteiger partial charge in [0.2, 0.25) is 5.91 Å². The average Bonchev–Trinajstić information content (AvgIpc) is 3.33. The number of fused-ring (bicyclic) bond motifs is 1. The van der Waals surface area contributed by atoms with Crippen molar-refractivity contribution in [3.05, 3.63) is 53.9 Å². The van der Waals surface area contributed by atoms with Gasteiger partial charge in [0.15, 0.2) is 5.82 Å². The number of furan rings is 1. The molecule has 3 heterocycles. The van der Waals surface area contributed by atoms with Crippen LogP contribution in [0.5, 0.6) is 0 Å². The largest absolute Gasteiger partial charge is 0.457 e. The van der Waals surface area contributed by atoms with Crippen molar-refractivity contribution in [2.45, 2.75) is 12.6 Å². The van der Waals surface area contributed by atoms with E-state index in [1.807, 2.05) is 30.3 Å². The maximum Gasteiger partial charge on any atom is 0.252 e. The number of hydrogen-bond acceptors (Lipinski definition) is 7. The Morgan fingerprint density at radius 1 is 1.41 bits per heavy atom. The van der Waals surface area contributed by atoms with E-state index in [-0.39, 0.29) is 12.5 Å². The van der Waals surface area contributed by atoms with Crippen LogP contribution in [0, 0.1) is 0 Å². The first-order valence-corrected chi connectivity index (χ1v) is 8.61. The lowest BCUT2D eigenvalue weighted by Gasteiger charge is -2.32. The van der Waals surface area contributed by atoms with Crippen molar-refractivity contribution in [1.29, 1.82) is 0 Å². The van der Waals surface area contributed by atoms with Crippen LogP contribution < -0.4 is 0 Å². The van der Waals surface area contributed by atoms with Gasteiger partial charge < -0.3 is 23.3 Å². The van der Waals surface area contributed by atoms with Crippen molar-refractivity contribution >= 4 is 23.0 Å². The second kappa shape index (κ2) is 7.73. The van der Waals surface area contributed by atoms with Gasteiger partial charge >= 0.3 is 0 Å². The third kappa shape index (κ3) is 3.76. The molecule has 3 aromatic rings. The molecule has 0 bridgehead atoms. The number of morpholine rings is 1. The fraction of sp³-hybridized carbons (Fsp3) is 0.316. The van der Waals surface area contributed by atoms with E-state index in [2.05, 4.69) is 10.1 Å². The quantitative estimate of drug-likeness (QED) is 0.638. The van der Waals surface area contributed by atoms with E-state index in [0.29, 0.717) is 37.2 Å². The summed E-state index contributed by atoms with van der Waals surface area (Å²) in [5, 5.41) is 4.95. The summed E-state index contributed by atoms with van der Waals surface area (Å²) < 4.78 is 21.3. The number of nitrogens with zero attached hydrogens (tertiary/aromatic N) is 3. The van der Waals surface area contributed by atoms with Gasteiger partial charge in [0.1, 0.15) is 24.0 Å². The normalized spacial score (nSPS) is 17.8. The first kappa shape index (κ1) is 17.4. The molecule has 0 saturated carbocycles. The second-order valence-electron chi connectivity index (χ2n) is 6.12. The number of rotatable bonds is 5. The highest BCUT2D eigenvalue weighted by atomic mass is 16.5. The molecule has 8 nitrogen and oxygen atoms in total. The van der Waals surface area contributed by atoms with E-state index in [0.717, 1.165) is 11.0 Å². The van der Waals surface area contributed by atoms with Crippen LogP contribution >= 0.6 is 0 Å². The van der Waals surface area contributed by atoms with Crippen LogP contribution in [0.1, 0.15) is 23.5 Å². The van der Waals surface area contributed by atoms with Crippen molar-refractivity contribution in [2.75, 3.05) is 26.9 Å². The predicted molar refractivity (Wildman–Crippen MR) is 95.5 cm³/mol. The number of carbonyl (C=O) groups is 1. The molecule has 1 unspecified atom stereocenters. The van der Waals surface area contributed by atoms with Gasteiger partial charge in [-0.1, -0.05) is 23.4 Å². The van der Waals surface area contributed by atoms with E-state index < -0.39 is 6.04 Å². The molecule has 1 atom stereocenters. The number of carbonyl (C=O) groups excluding carboxylic acids is 1. The Bertz CT molecular complexity index is 928. The van der Waals surface area contributed by atoms with Gasteiger partial charge in [-0.15, -0.1) is 0 Å². The van der Waals surface area contributed by atoms with Crippen LogP contribution in [0.3, 0.4) is 0 Å². The van der Waals surface area contributed by atoms with Crippen LogP contribution in [0.15, 0.2) is 45.3 Å². The van der Waals surface area contributed by atoms with Crippen molar-refractivity contribution in [2.24, 2.45) is 0 Å². The molecule has 1 aliphatic rings. The molecule has 1 aliphatic heterocycles. The lowest BCUT2D eigenvalue weighted by molar-refractivity contribution is -0.135. The minimum atomic E-state index is -0.402. The van der Waals surface area contributed by atoms with Crippen molar-refractivity contribution < 1.29 is 23.2 Å². The second-order valence-corrected chi connectivity index (χ2v) is 6.12. The third-order valence-corrected chi connectivity index (χ3v) is 4.30. The molecule has 0 spiro atoms. The number of aromatic nitrogens is 2. The Hall–Kier alpha value is -2.97. The van der Waals surface area contributed by atoms with Gasteiger partial charge in [-0.25, -0.2) is 0 Å². The molecule has 27 heavy (non-hydrogen) atoms. The minimum absolute atomic E-state index is 0.165. The van der Waals surface area contributed by atoms with Gasteiger partial charge in [-0.2, -0.15) is 4.98 Å². The molecular formula is C19H19N3O5. The van der Waals surface area contributed by atoms with Crippen LogP contribution in [0.25, 0.3) is 17.0 Å². The molecular weight excluding hydrogens is 350 g/mol. The molecule has 0 N–H and O–H groups in total. The van der Waals surface area contributed by atoms with Gasteiger partial charge in [-0.05, 0) is 18.2 Å². The summed E-state index contributed by atoms with van der Waals surface area (Å²) in [6.07, 6.45) is 3.16. The molecule has 1 fully saturated rings. The SMILES string of the molecule is COCc1nc(C2COCCN2C(=O)/C=C/c2cc3ccccc3o2)no1. The monoisotopic (exact) mass is 369 g/mol. The molecule has 1 amide bonds. The Labute approximate surface area is 155 Å². The highest BCUT2D eigenvalue weighted by Gasteiger charge is 2.31. The zero-order valence-electron chi connectivity index (χ0n) is 14.8. The highest BCUT2D eigenvalue weighted by molar-refractivity contribution is 5.92. The summed E-state index contributed by atoms with van der Waals surface area (Å²) in [6, 6.07) is 9.19. The first-order valence-electron chi connectivity index (χ1n) is 8.61. The Kier molecular flexibility index (Phi) is 4.99. The summed E-state index contributed by atoms with van der Waals surface area (Å²) >= 11 is 0. The summed E-state index contributed by atoms with van der Waals surface area (Å²) in [4.78, 5) is 18.7. The summed E-state index contributed by atoms with van der Waals surface area (Å²) in [7, 11) is 1.55. The molecule has 1 aromatic carbocycles. The molecule has 8 heteroatoms. The number of methoxy groups -OCH3 is 1. The summed E-state index contributed by atoms with van der Waals surface area (Å²) in [6.45, 7) is 1.45. The molecule has 0 aliphatic carbocycles. The summed E-state index contributed by atoms with van der Waals surface area (Å²) in [5.41, 5.74) is 0.784.